The molecule has 0 aromatic heterocycles. The van der Waals surface area contributed by atoms with Crippen LogP contribution < -0.4 is 32.7 Å². The maximum atomic E-state index is 12.1. The molecule has 0 aromatic carbocycles. The summed E-state index contributed by atoms with van der Waals surface area (Å²) in [6.07, 6.45) is 8.05. The van der Waals surface area contributed by atoms with Gasteiger partial charge in [0.05, 0.1) is 6.42 Å². The van der Waals surface area contributed by atoms with Crippen molar-refractivity contribution in [3.63, 3.8) is 0 Å². The van der Waals surface area contributed by atoms with Crippen molar-refractivity contribution in [2.75, 3.05) is 13.1 Å². The fourth-order valence-corrected chi connectivity index (χ4v) is 3.17. The lowest BCUT2D eigenvalue weighted by atomic mass is 10.1. The Hall–Kier alpha value is -3.05. The normalized spacial score (nSPS) is 11.3. The highest BCUT2D eigenvalue weighted by Crippen LogP contribution is 2.07. The highest BCUT2D eigenvalue weighted by Gasteiger charge is 2.18. The predicted molar refractivity (Wildman–Crippen MR) is 128 cm³/mol. The van der Waals surface area contributed by atoms with Crippen molar-refractivity contribution in [3.05, 3.63) is 0 Å². The van der Waals surface area contributed by atoms with Crippen molar-refractivity contribution in [1.29, 1.82) is 10.8 Å². The Labute approximate surface area is 196 Å². The predicted octanol–water partition coefficient (Wildman–Crippen LogP) is 0.667. The summed E-state index contributed by atoms with van der Waals surface area (Å²) in [6.45, 7) is 1.31. The molecule has 0 radical (unpaired) electrons. The molecule has 11 N–H and O–H groups in total. The molecule has 0 rings (SSSR count). The van der Waals surface area contributed by atoms with Crippen LogP contribution in [0, 0.1) is 10.8 Å². The van der Waals surface area contributed by atoms with Gasteiger partial charge in [0.2, 0.25) is 11.8 Å². The van der Waals surface area contributed by atoms with Gasteiger partial charge in [0.1, 0.15) is 6.17 Å². The summed E-state index contributed by atoms with van der Waals surface area (Å²) in [5.41, 5.74) is 10.4. The van der Waals surface area contributed by atoms with Crippen molar-refractivity contribution in [1.82, 2.24) is 21.3 Å². The summed E-state index contributed by atoms with van der Waals surface area (Å²) in [5.74, 6) is -1.74. The lowest BCUT2D eigenvalue weighted by Crippen LogP contribution is -2.49. The Kier molecular flexibility index (Phi) is 17.8. The van der Waals surface area contributed by atoms with Crippen LogP contribution in [-0.2, 0) is 14.4 Å². The summed E-state index contributed by atoms with van der Waals surface area (Å²) >= 11 is 0. The Balaban J connectivity index is 3.97. The molecule has 0 saturated carbocycles. The van der Waals surface area contributed by atoms with Crippen LogP contribution in [0.25, 0.3) is 0 Å². The maximum absolute atomic E-state index is 12.1. The van der Waals surface area contributed by atoms with Gasteiger partial charge in [0.15, 0.2) is 11.9 Å². The van der Waals surface area contributed by atoms with Gasteiger partial charge in [-0.1, -0.05) is 38.5 Å². The molecule has 12 nitrogen and oxygen atoms in total. The standard InChI is InChI=1S/C21H42N8O4/c22-20(23)26-13-9-5-2-1-3-7-11-17(30)28-16(15-19(32)33)29-18(31)12-8-4-6-10-14-27-21(24)25/h16H,1-15H2,(H,28,30)(H,29,31)(H,32,33)(H4,22,23,26)(H4,24,25,27)/t16-/m1/s1. The summed E-state index contributed by atoms with van der Waals surface area (Å²) in [7, 11) is 0. The van der Waals surface area contributed by atoms with E-state index in [1.165, 1.54) is 0 Å². The molecule has 0 heterocycles. The zero-order valence-electron chi connectivity index (χ0n) is 19.5. The largest absolute Gasteiger partial charge is 0.481 e. The second kappa shape index (κ2) is 19.6. The molecule has 0 aromatic rings. The lowest BCUT2D eigenvalue weighted by molar-refractivity contribution is -0.138. The van der Waals surface area contributed by atoms with Gasteiger partial charge in [-0.2, -0.15) is 0 Å². The molecular formula is C21H42N8O4. The molecule has 0 bridgehead atoms. The van der Waals surface area contributed by atoms with Crippen LogP contribution in [-0.4, -0.2) is 54.1 Å². The second-order valence-electron chi connectivity index (χ2n) is 8.00. The summed E-state index contributed by atoms with van der Waals surface area (Å²) in [5, 5.41) is 33.8. The van der Waals surface area contributed by atoms with E-state index in [9.17, 15) is 14.4 Å². The number of carboxylic acid groups (broad SMARTS) is 1. The van der Waals surface area contributed by atoms with E-state index < -0.39 is 12.1 Å². The van der Waals surface area contributed by atoms with Crippen LogP contribution in [0.3, 0.4) is 0 Å². The third-order valence-corrected chi connectivity index (χ3v) is 4.84. The fraction of sp³-hybridized carbons (Fsp3) is 0.762. The van der Waals surface area contributed by atoms with Crippen LogP contribution in [0.15, 0.2) is 0 Å². The van der Waals surface area contributed by atoms with Crippen molar-refractivity contribution in [2.24, 2.45) is 11.5 Å². The van der Waals surface area contributed by atoms with Gasteiger partial charge >= 0.3 is 5.97 Å². The number of hydrogen-bond acceptors (Lipinski definition) is 5. The summed E-state index contributed by atoms with van der Waals surface area (Å²) in [6, 6.07) is 0. The molecule has 0 spiro atoms. The number of hydrogen-bond donors (Lipinski definition) is 9. The van der Waals surface area contributed by atoms with Gasteiger partial charge in [-0.15, -0.1) is 0 Å². The molecule has 0 aliphatic rings. The highest BCUT2D eigenvalue weighted by atomic mass is 16.4. The van der Waals surface area contributed by atoms with Crippen LogP contribution in [0.1, 0.15) is 83.5 Å². The maximum Gasteiger partial charge on any atom is 0.307 e. The number of amides is 2. The van der Waals surface area contributed by atoms with Gasteiger partial charge in [-0.3, -0.25) is 25.2 Å². The SMILES string of the molecule is N=C(N)NCCCCCCCCC(=O)N[C@@H](CC(=O)O)NC(=O)CCCCCCNC(=N)N. The number of carbonyl (C=O) groups is 3. The van der Waals surface area contributed by atoms with Crippen LogP contribution in [0.2, 0.25) is 0 Å². The Morgan fingerprint density at radius 1 is 0.667 bits per heavy atom. The van der Waals surface area contributed by atoms with Crippen molar-refractivity contribution in [2.45, 2.75) is 89.6 Å². The van der Waals surface area contributed by atoms with E-state index in [0.29, 0.717) is 25.9 Å². The van der Waals surface area contributed by atoms with Gasteiger partial charge < -0.3 is 37.8 Å². The van der Waals surface area contributed by atoms with E-state index in [1.54, 1.807) is 0 Å². The van der Waals surface area contributed by atoms with Crippen LogP contribution in [0.4, 0.5) is 0 Å². The van der Waals surface area contributed by atoms with E-state index >= 15 is 0 Å². The zero-order chi connectivity index (χ0) is 24.9. The molecule has 0 fully saturated rings. The summed E-state index contributed by atoms with van der Waals surface area (Å²) < 4.78 is 0. The topological polar surface area (TPSA) is 219 Å². The van der Waals surface area contributed by atoms with E-state index in [-0.39, 0.29) is 43.0 Å². The highest BCUT2D eigenvalue weighted by molar-refractivity contribution is 5.80. The molecule has 1 atom stereocenters. The molecule has 0 aliphatic carbocycles. The van der Waals surface area contributed by atoms with Crippen molar-refractivity contribution in [3.8, 4) is 0 Å². The van der Waals surface area contributed by atoms with Gasteiger partial charge in [0.25, 0.3) is 0 Å². The van der Waals surface area contributed by atoms with Crippen molar-refractivity contribution < 1.29 is 19.5 Å². The molecule has 33 heavy (non-hydrogen) atoms. The van der Waals surface area contributed by atoms with Crippen LogP contribution >= 0.6 is 0 Å². The number of carbonyl (C=O) groups excluding carboxylic acids is 2. The molecular weight excluding hydrogens is 428 g/mol. The Morgan fingerprint density at radius 2 is 1.03 bits per heavy atom. The third kappa shape index (κ3) is 22.0. The molecule has 0 saturated heterocycles. The quantitative estimate of drug-likeness (QED) is 0.0531. The number of nitrogens with two attached hydrogens (primary N) is 2. The number of nitrogens with one attached hydrogen (secondary N) is 6. The Bertz CT molecular complexity index is 615. The molecule has 12 heteroatoms. The minimum absolute atomic E-state index is 0.0198. The average Bonchev–Trinajstić information content (AvgIpc) is 2.70. The first-order chi connectivity index (χ1) is 15.7. The fourth-order valence-electron chi connectivity index (χ4n) is 3.17. The van der Waals surface area contributed by atoms with E-state index in [4.69, 9.17) is 27.4 Å². The smallest absolute Gasteiger partial charge is 0.307 e. The second-order valence-corrected chi connectivity index (χ2v) is 8.00. The molecule has 0 aliphatic heterocycles. The van der Waals surface area contributed by atoms with Crippen molar-refractivity contribution >= 4 is 29.7 Å². The van der Waals surface area contributed by atoms with E-state index in [1.807, 2.05) is 0 Å². The first-order valence-electron chi connectivity index (χ1n) is 11.7. The number of rotatable bonds is 20. The Morgan fingerprint density at radius 3 is 1.39 bits per heavy atom. The molecule has 190 valence electrons. The minimum atomic E-state index is -1.10. The summed E-state index contributed by atoms with van der Waals surface area (Å²) in [4.78, 5) is 35.3. The molecule has 0 unspecified atom stereocenters. The van der Waals surface area contributed by atoms with Gasteiger partial charge in [-0.05, 0) is 25.7 Å². The first kappa shape index (κ1) is 29.9. The van der Waals surface area contributed by atoms with Gasteiger partial charge in [-0.25, -0.2) is 0 Å². The van der Waals surface area contributed by atoms with Gasteiger partial charge in [0, 0.05) is 25.9 Å². The minimum Gasteiger partial charge on any atom is -0.481 e. The number of carboxylic acids is 1. The monoisotopic (exact) mass is 470 g/mol. The number of aliphatic carboxylic acids is 1. The zero-order valence-corrected chi connectivity index (χ0v) is 19.5. The van der Waals surface area contributed by atoms with E-state index in [2.05, 4.69) is 21.3 Å². The molecule has 2 amide bonds. The number of unbranched alkanes of at least 4 members (excludes halogenated alkanes) is 8. The third-order valence-electron chi connectivity index (χ3n) is 4.84. The number of guanidine groups is 2. The lowest BCUT2D eigenvalue weighted by Gasteiger charge is -2.18. The van der Waals surface area contributed by atoms with E-state index in [0.717, 1.165) is 51.4 Å². The van der Waals surface area contributed by atoms with Crippen LogP contribution in [0.5, 0.6) is 0 Å². The first-order valence-corrected chi connectivity index (χ1v) is 11.7. The average molecular weight is 471 g/mol.